The average molecular weight is 227 g/mol. The first-order valence-electron chi connectivity index (χ1n) is 7.57. The second-order valence-corrected chi connectivity index (χ2v) is 4.86. The molecule has 1 nitrogen and oxygen atoms in total. The van der Waals surface area contributed by atoms with Gasteiger partial charge in [0.25, 0.3) is 0 Å². The average Bonchev–Trinajstić information content (AvgIpc) is 2.32. The van der Waals surface area contributed by atoms with E-state index in [1.807, 2.05) is 0 Å². The molecular formula is C15H33N. The molecule has 0 fully saturated rings. The van der Waals surface area contributed by atoms with Crippen LogP contribution in [0, 0.1) is 0 Å². The Kier molecular flexibility index (Phi) is 13.0. The van der Waals surface area contributed by atoms with Gasteiger partial charge in [-0.05, 0) is 26.1 Å². The van der Waals surface area contributed by atoms with E-state index in [1.54, 1.807) is 0 Å². The summed E-state index contributed by atoms with van der Waals surface area (Å²) < 4.78 is 0. The highest BCUT2D eigenvalue weighted by Gasteiger charge is 1.97. The molecule has 0 unspecified atom stereocenters. The molecule has 0 aromatic heterocycles. The zero-order valence-electron chi connectivity index (χ0n) is 11.9. The Morgan fingerprint density at radius 2 is 1.00 bits per heavy atom. The molecule has 0 spiro atoms. The maximum absolute atomic E-state index is 2.53. The standard InChI is InChI=1S/C15H33N/c1-4-7-8-9-10-11-12-13-14-15-16(5-2)6-3/h4-15H2,1-3H3. The lowest BCUT2D eigenvalue weighted by molar-refractivity contribution is 0.295. The number of rotatable bonds is 12. The molecule has 0 N–H and O–H groups in total. The molecule has 0 radical (unpaired) electrons. The van der Waals surface area contributed by atoms with Crippen LogP contribution in [-0.2, 0) is 0 Å². The molecule has 0 saturated carbocycles. The van der Waals surface area contributed by atoms with Crippen molar-refractivity contribution in [2.75, 3.05) is 19.6 Å². The van der Waals surface area contributed by atoms with Gasteiger partial charge in [-0.3, -0.25) is 0 Å². The van der Waals surface area contributed by atoms with E-state index in [1.165, 1.54) is 77.4 Å². The van der Waals surface area contributed by atoms with Crippen LogP contribution < -0.4 is 0 Å². The zero-order chi connectivity index (χ0) is 12.1. The lowest BCUT2D eigenvalue weighted by atomic mass is 10.1. The number of hydrogen-bond acceptors (Lipinski definition) is 1. The van der Waals surface area contributed by atoms with Crippen molar-refractivity contribution in [1.29, 1.82) is 0 Å². The van der Waals surface area contributed by atoms with E-state index >= 15 is 0 Å². The highest BCUT2D eigenvalue weighted by Crippen LogP contribution is 2.09. The Morgan fingerprint density at radius 3 is 1.44 bits per heavy atom. The van der Waals surface area contributed by atoms with E-state index in [0.29, 0.717) is 0 Å². The highest BCUT2D eigenvalue weighted by molar-refractivity contribution is 4.53. The quantitative estimate of drug-likeness (QED) is 0.430. The lowest BCUT2D eigenvalue weighted by Crippen LogP contribution is -2.23. The molecule has 0 atom stereocenters. The summed E-state index contributed by atoms with van der Waals surface area (Å²) in [5.74, 6) is 0. The van der Waals surface area contributed by atoms with Crippen LogP contribution >= 0.6 is 0 Å². The summed E-state index contributed by atoms with van der Waals surface area (Å²) >= 11 is 0. The van der Waals surface area contributed by atoms with Crippen molar-refractivity contribution in [1.82, 2.24) is 4.90 Å². The van der Waals surface area contributed by atoms with Crippen molar-refractivity contribution in [2.24, 2.45) is 0 Å². The van der Waals surface area contributed by atoms with Gasteiger partial charge in [0.15, 0.2) is 0 Å². The zero-order valence-corrected chi connectivity index (χ0v) is 11.9. The molecule has 0 amide bonds. The predicted octanol–water partition coefficient (Wildman–Crippen LogP) is 4.86. The van der Waals surface area contributed by atoms with Gasteiger partial charge in [0.2, 0.25) is 0 Å². The van der Waals surface area contributed by atoms with E-state index in [2.05, 4.69) is 25.7 Å². The third-order valence-electron chi connectivity index (χ3n) is 3.47. The lowest BCUT2D eigenvalue weighted by Gasteiger charge is -2.17. The van der Waals surface area contributed by atoms with E-state index < -0.39 is 0 Å². The molecule has 0 saturated heterocycles. The smallest absolute Gasteiger partial charge is 0.00190 e. The minimum Gasteiger partial charge on any atom is -0.304 e. The van der Waals surface area contributed by atoms with Crippen LogP contribution in [0.1, 0.15) is 78.6 Å². The van der Waals surface area contributed by atoms with E-state index in [-0.39, 0.29) is 0 Å². The van der Waals surface area contributed by atoms with Crippen molar-refractivity contribution < 1.29 is 0 Å². The van der Waals surface area contributed by atoms with Crippen LogP contribution in [-0.4, -0.2) is 24.5 Å². The molecule has 1 heteroatoms. The molecule has 0 rings (SSSR count). The normalized spacial score (nSPS) is 11.2. The molecule has 98 valence electrons. The maximum Gasteiger partial charge on any atom is -0.00190 e. The van der Waals surface area contributed by atoms with Gasteiger partial charge in [0, 0.05) is 0 Å². The van der Waals surface area contributed by atoms with Crippen molar-refractivity contribution in [3.8, 4) is 0 Å². The Bertz CT molecular complexity index is 119. The molecule has 0 heterocycles. The van der Waals surface area contributed by atoms with E-state index in [4.69, 9.17) is 0 Å². The van der Waals surface area contributed by atoms with Crippen molar-refractivity contribution >= 4 is 0 Å². The van der Waals surface area contributed by atoms with E-state index in [0.717, 1.165) is 0 Å². The third kappa shape index (κ3) is 10.5. The monoisotopic (exact) mass is 227 g/mol. The summed E-state index contributed by atoms with van der Waals surface area (Å²) in [4.78, 5) is 2.53. The molecule has 0 aliphatic rings. The summed E-state index contributed by atoms with van der Waals surface area (Å²) in [6.07, 6.45) is 12.9. The first-order valence-corrected chi connectivity index (χ1v) is 7.57. The fourth-order valence-electron chi connectivity index (χ4n) is 2.19. The van der Waals surface area contributed by atoms with Gasteiger partial charge in [0.1, 0.15) is 0 Å². The molecule has 0 aliphatic carbocycles. The topological polar surface area (TPSA) is 3.24 Å². The maximum atomic E-state index is 2.53. The van der Waals surface area contributed by atoms with Crippen molar-refractivity contribution in [3.05, 3.63) is 0 Å². The van der Waals surface area contributed by atoms with Gasteiger partial charge in [0.05, 0.1) is 0 Å². The molecule has 0 aliphatic heterocycles. The van der Waals surface area contributed by atoms with Crippen molar-refractivity contribution in [2.45, 2.75) is 78.6 Å². The Balaban J connectivity index is 3.03. The van der Waals surface area contributed by atoms with Gasteiger partial charge < -0.3 is 4.90 Å². The summed E-state index contributed by atoms with van der Waals surface area (Å²) in [7, 11) is 0. The van der Waals surface area contributed by atoms with Crippen LogP contribution in [0.2, 0.25) is 0 Å². The molecule has 0 aromatic rings. The minimum atomic E-state index is 1.22. The number of nitrogens with zero attached hydrogens (tertiary/aromatic N) is 1. The fourth-order valence-corrected chi connectivity index (χ4v) is 2.19. The van der Waals surface area contributed by atoms with Crippen LogP contribution in [0.5, 0.6) is 0 Å². The van der Waals surface area contributed by atoms with Crippen molar-refractivity contribution in [3.63, 3.8) is 0 Å². The first-order chi connectivity index (χ1) is 7.85. The second kappa shape index (κ2) is 13.0. The second-order valence-electron chi connectivity index (χ2n) is 4.86. The van der Waals surface area contributed by atoms with Gasteiger partial charge in [-0.1, -0.05) is 72.1 Å². The van der Waals surface area contributed by atoms with Crippen LogP contribution in [0.15, 0.2) is 0 Å². The summed E-state index contributed by atoms with van der Waals surface area (Å²) in [6, 6.07) is 0. The first kappa shape index (κ1) is 16.0. The summed E-state index contributed by atoms with van der Waals surface area (Å²) in [5, 5.41) is 0. The van der Waals surface area contributed by atoms with Gasteiger partial charge in [-0.2, -0.15) is 0 Å². The van der Waals surface area contributed by atoms with E-state index in [9.17, 15) is 0 Å². The highest BCUT2D eigenvalue weighted by atomic mass is 15.1. The SMILES string of the molecule is CCCCCCCCCCCN(CC)CC. The Hall–Kier alpha value is -0.0400. The fraction of sp³-hybridized carbons (Fsp3) is 1.00. The van der Waals surface area contributed by atoms with Gasteiger partial charge >= 0.3 is 0 Å². The predicted molar refractivity (Wildman–Crippen MR) is 75.0 cm³/mol. The minimum absolute atomic E-state index is 1.22. The van der Waals surface area contributed by atoms with Crippen LogP contribution in [0.4, 0.5) is 0 Å². The third-order valence-corrected chi connectivity index (χ3v) is 3.47. The molecule has 0 aromatic carbocycles. The molecular weight excluding hydrogens is 194 g/mol. The Morgan fingerprint density at radius 1 is 0.562 bits per heavy atom. The largest absolute Gasteiger partial charge is 0.304 e. The molecule has 16 heavy (non-hydrogen) atoms. The Labute approximate surface area is 104 Å². The number of unbranched alkanes of at least 4 members (excludes halogenated alkanes) is 8. The summed E-state index contributed by atoms with van der Waals surface area (Å²) in [5.41, 5.74) is 0. The van der Waals surface area contributed by atoms with Crippen LogP contribution in [0.3, 0.4) is 0 Å². The molecule has 0 bridgehead atoms. The van der Waals surface area contributed by atoms with Gasteiger partial charge in [-0.25, -0.2) is 0 Å². The van der Waals surface area contributed by atoms with Crippen LogP contribution in [0.25, 0.3) is 0 Å². The summed E-state index contributed by atoms with van der Waals surface area (Å²) in [6.45, 7) is 10.5. The number of hydrogen-bond donors (Lipinski definition) is 0. The van der Waals surface area contributed by atoms with Gasteiger partial charge in [-0.15, -0.1) is 0 Å².